The van der Waals surface area contributed by atoms with Crippen LogP contribution in [0.25, 0.3) is 0 Å². The second-order valence-corrected chi connectivity index (χ2v) is 8.63. The molecule has 1 heterocycles. The number of amides is 2. The van der Waals surface area contributed by atoms with Crippen LogP contribution in [0.4, 0.5) is 15.8 Å². The van der Waals surface area contributed by atoms with Gasteiger partial charge in [0.2, 0.25) is 0 Å². The van der Waals surface area contributed by atoms with Crippen molar-refractivity contribution in [3.05, 3.63) is 125 Å². The van der Waals surface area contributed by atoms with Gasteiger partial charge in [-0.15, -0.1) is 0 Å². The predicted molar refractivity (Wildman–Crippen MR) is 141 cm³/mol. The summed E-state index contributed by atoms with van der Waals surface area (Å²) >= 11 is 0. The molecular formula is C30H26FN3O3. The van der Waals surface area contributed by atoms with Gasteiger partial charge < -0.3 is 15.4 Å². The van der Waals surface area contributed by atoms with Crippen LogP contribution in [0, 0.1) is 5.82 Å². The fourth-order valence-electron chi connectivity index (χ4n) is 4.39. The van der Waals surface area contributed by atoms with Gasteiger partial charge in [0.25, 0.3) is 11.8 Å². The van der Waals surface area contributed by atoms with E-state index in [-0.39, 0.29) is 24.2 Å². The highest BCUT2D eigenvalue weighted by molar-refractivity contribution is 6.11. The standard InChI is InChI=1S/C30H26FN3O3/c1-2-37-25-16-14-24(15-17-25)34-28(26-8-3-4-9-27(26)30(34)36)33-23-7-5-6-21(18-23)29(35)32-19-20-10-12-22(31)13-11-20/h3-18,28,33H,2,19H2,1H3,(H,32,35). The monoisotopic (exact) mass is 495 g/mol. The Morgan fingerprint density at radius 1 is 0.946 bits per heavy atom. The zero-order chi connectivity index (χ0) is 25.8. The van der Waals surface area contributed by atoms with Gasteiger partial charge in [-0.2, -0.15) is 0 Å². The number of anilines is 2. The molecule has 0 aliphatic carbocycles. The van der Waals surface area contributed by atoms with E-state index < -0.39 is 6.17 Å². The number of nitrogens with one attached hydrogen (secondary N) is 2. The van der Waals surface area contributed by atoms with Gasteiger partial charge in [-0.05, 0) is 73.2 Å². The van der Waals surface area contributed by atoms with Crippen LogP contribution in [-0.4, -0.2) is 18.4 Å². The third-order valence-corrected chi connectivity index (χ3v) is 6.18. The molecule has 0 spiro atoms. The highest BCUT2D eigenvalue weighted by atomic mass is 19.1. The van der Waals surface area contributed by atoms with Crippen LogP contribution >= 0.6 is 0 Å². The van der Waals surface area contributed by atoms with E-state index in [4.69, 9.17) is 4.74 Å². The van der Waals surface area contributed by atoms with Gasteiger partial charge in [-0.3, -0.25) is 14.5 Å². The molecule has 1 unspecified atom stereocenters. The van der Waals surface area contributed by atoms with Gasteiger partial charge in [0.15, 0.2) is 0 Å². The number of halogens is 1. The van der Waals surface area contributed by atoms with Gasteiger partial charge >= 0.3 is 0 Å². The number of hydrogen-bond acceptors (Lipinski definition) is 4. The highest BCUT2D eigenvalue weighted by Crippen LogP contribution is 2.38. The molecule has 186 valence electrons. The first-order valence-corrected chi connectivity index (χ1v) is 12.1. The van der Waals surface area contributed by atoms with Crippen molar-refractivity contribution in [1.29, 1.82) is 0 Å². The van der Waals surface area contributed by atoms with Crippen LogP contribution in [0.1, 0.15) is 44.9 Å². The second-order valence-electron chi connectivity index (χ2n) is 8.63. The maximum absolute atomic E-state index is 13.4. The first-order valence-electron chi connectivity index (χ1n) is 12.1. The second kappa shape index (κ2) is 10.5. The van der Waals surface area contributed by atoms with Gasteiger partial charge in [0.05, 0.1) is 6.61 Å². The molecule has 1 aliphatic heterocycles. The lowest BCUT2D eigenvalue weighted by molar-refractivity contribution is 0.0949. The molecule has 0 fully saturated rings. The molecule has 7 heteroatoms. The molecule has 37 heavy (non-hydrogen) atoms. The molecule has 2 N–H and O–H groups in total. The summed E-state index contributed by atoms with van der Waals surface area (Å²) in [5, 5.41) is 6.31. The van der Waals surface area contributed by atoms with E-state index in [0.717, 1.165) is 22.6 Å². The Kier molecular flexibility index (Phi) is 6.85. The smallest absolute Gasteiger partial charge is 0.260 e. The molecular weight excluding hydrogens is 469 g/mol. The molecule has 0 aromatic heterocycles. The highest BCUT2D eigenvalue weighted by Gasteiger charge is 2.37. The van der Waals surface area contributed by atoms with Crippen molar-refractivity contribution in [2.45, 2.75) is 19.6 Å². The number of rotatable bonds is 8. The maximum atomic E-state index is 13.4. The summed E-state index contributed by atoms with van der Waals surface area (Å²) in [4.78, 5) is 27.9. The van der Waals surface area contributed by atoms with Crippen molar-refractivity contribution in [2.75, 3.05) is 16.8 Å². The Labute approximate surface area is 214 Å². The summed E-state index contributed by atoms with van der Waals surface area (Å²) in [5.41, 5.74) is 4.18. The molecule has 4 aromatic rings. The van der Waals surface area contributed by atoms with Crippen LogP contribution in [0.15, 0.2) is 97.1 Å². The lowest BCUT2D eigenvalue weighted by Crippen LogP contribution is -2.32. The largest absolute Gasteiger partial charge is 0.494 e. The molecule has 5 rings (SSSR count). The van der Waals surface area contributed by atoms with E-state index in [2.05, 4.69) is 10.6 Å². The van der Waals surface area contributed by atoms with Gasteiger partial charge in [0, 0.05) is 34.6 Å². The number of benzene rings is 4. The lowest BCUT2D eigenvalue weighted by Gasteiger charge is -2.27. The van der Waals surface area contributed by atoms with Crippen molar-refractivity contribution < 1.29 is 18.7 Å². The molecule has 4 aromatic carbocycles. The molecule has 0 saturated heterocycles. The minimum Gasteiger partial charge on any atom is -0.494 e. The van der Waals surface area contributed by atoms with Crippen molar-refractivity contribution in [1.82, 2.24) is 5.32 Å². The Bertz CT molecular complexity index is 1420. The summed E-state index contributed by atoms with van der Waals surface area (Å²) < 4.78 is 18.7. The fraction of sp³-hybridized carbons (Fsp3) is 0.133. The lowest BCUT2D eigenvalue weighted by atomic mass is 10.1. The zero-order valence-corrected chi connectivity index (χ0v) is 20.3. The van der Waals surface area contributed by atoms with Crippen LogP contribution in [0.5, 0.6) is 5.75 Å². The van der Waals surface area contributed by atoms with Crippen molar-refractivity contribution in [2.24, 2.45) is 0 Å². The van der Waals surface area contributed by atoms with Crippen LogP contribution < -0.4 is 20.3 Å². The first kappa shape index (κ1) is 24.1. The molecule has 6 nitrogen and oxygen atoms in total. The Hall–Kier alpha value is -4.65. The van der Waals surface area contributed by atoms with E-state index in [1.807, 2.05) is 61.5 Å². The van der Waals surface area contributed by atoms with Gasteiger partial charge in [-0.25, -0.2) is 4.39 Å². The topological polar surface area (TPSA) is 70.7 Å². The number of nitrogens with zero attached hydrogens (tertiary/aromatic N) is 1. The number of carbonyl (C=O) groups is 2. The molecule has 0 radical (unpaired) electrons. The normalized spacial score (nSPS) is 14.3. The van der Waals surface area contributed by atoms with E-state index in [0.29, 0.717) is 23.4 Å². The average Bonchev–Trinajstić information content (AvgIpc) is 3.20. The fourth-order valence-corrected chi connectivity index (χ4v) is 4.39. The third-order valence-electron chi connectivity index (χ3n) is 6.18. The maximum Gasteiger partial charge on any atom is 0.260 e. The predicted octanol–water partition coefficient (Wildman–Crippen LogP) is 5.93. The molecule has 2 amide bonds. The zero-order valence-electron chi connectivity index (χ0n) is 20.3. The van der Waals surface area contributed by atoms with Crippen LogP contribution in [-0.2, 0) is 6.54 Å². The number of carbonyl (C=O) groups excluding carboxylic acids is 2. The van der Waals surface area contributed by atoms with Gasteiger partial charge in [-0.1, -0.05) is 36.4 Å². The van der Waals surface area contributed by atoms with E-state index in [1.165, 1.54) is 12.1 Å². The Morgan fingerprint density at radius 2 is 1.70 bits per heavy atom. The van der Waals surface area contributed by atoms with Gasteiger partial charge in [0.1, 0.15) is 17.7 Å². The summed E-state index contributed by atoms with van der Waals surface area (Å²) in [7, 11) is 0. The number of fused-ring (bicyclic) bond motifs is 1. The van der Waals surface area contributed by atoms with E-state index in [9.17, 15) is 14.0 Å². The van der Waals surface area contributed by atoms with Crippen LogP contribution in [0.2, 0.25) is 0 Å². The quantitative estimate of drug-likeness (QED) is 0.318. The third kappa shape index (κ3) is 5.16. The number of hydrogen-bond donors (Lipinski definition) is 2. The molecule has 1 atom stereocenters. The molecule has 0 saturated carbocycles. The Balaban J connectivity index is 1.37. The average molecular weight is 496 g/mol. The minimum atomic E-state index is -0.459. The van der Waals surface area contributed by atoms with Crippen LogP contribution in [0.3, 0.4) is 0 Å². The van der Waals surface area contributed by atoms with Crippen molar-refractivity contribution in [3.8, 4) is 5.75 Å². The van der Waals surface area contributed by atoms with E-state index in [1.54, 1.807) is 35.2 Å². The summed E-state index contributed by atoms with van der Waals surface area (Å²) in [6.45, 7) is 2.77. The summed E-state index contributed by atoms with van der Waals surface area (Å²) in [6, 6.07) is 28.0. The SMILES string of the molecule is CCOc1ccc(N2C(=O)c3ccccc3C2Nc2cccc(C(=O)NCc3ccc(F)cc3)c2)cc1. The summed E-state index contributed by atoms with van der Waals surface area (Å²) in [5.74, 6) is 0.0593. The minimum absolute atomic E-state index is 0.106. The number of ether oxygens (including phenoxy) is 1. The Morgan fingerprint density at radius 3 is 2.46 bits per heavy atom. The molecule has 1 aliphatic rings. The van der Waals surface area contributed by atoms with Crippen molar-refractivity contribution in [3.63, 3.8) is 0 Å². The van der Waals surface area contributed by atoms with E-state index >= 15 is 0 Å². The van der Waals surface area contributed by atoms with Crippen molar-refractivity contribution >= 4 is 23.2 Å². The molecule has 0 bridgehead atoms. The first-order chi connectivity index (χ1) is 18.0. The summed E-state index contributed by atoms with van der Waals surface area (Å²) in [6.07, 6.45) is -0.459.